The Morgan fingerprint density at radius 1 is 1.10 bits per heavy atom. The van der Waals surface area contributed by atoms with Crippen LogP contribution in [0.5, 0.6) is 0 Å². The Labute approximate surface area is 126 Å². The van der Waals surface area contributed by atoms with Crippen molar-refractivity contribution >= 4 is 11.7 Å². The Morgan fingerprint density at radius 2 is 1.71 bits per heavy atom. The van der Waals surface area contributed by atoms with Crippen molar-refractivity contribution in [2.24, 2.45) is 0 Å². The molecular weight excluding hydrogens is 269 g/mol. The summed E-state index contributed by atoms with van der Waals surface area (Å²) in [6.45, 7) is 2.57. The summed E-state index contributed by atoms with van der Waals surface area (Å²) in [5.41, 5.74) is 5.99. The topological polar surface area (TPSA) is 52.3 Å². The van der Waals surface area contributed by atoms with Crippen molar-refractivity contribution in [3.8, 4) is 0 Å². The third-order valence-electron chi connectivity index (χ3n) is 3.47. The van der Waals surface area contributed by atoms with Crippen LogP contribution >= 0.6 is 0 Å². The Bertz CT molecular complexity index is 435. The number of nitrogen functional groups attached to an aromatic ring is 1. The van der Waals surface area contributed by atoms with Gasteiger partial charge in [0, 0.05) is 5.69 Å². The average Bonchev–Trinajstić information content (AvgIpc) is 2.48. The fourth-order valence-electron chi connectivity index (χ4n) is 2.18. The van der Waals surface area contributed by atoms with Gasteiger partial charge in [-0.25, -0.2) is 9.18 Å². The van der Waals surface area contributed by atoms with Gasteiger partial charge in [0.05, 0.1) is 12.2 Å². The molecular formula is C17H26FNO2. The van der Waals surface area contributed by atoms with Crippen molar-refractivity contribution < 1.29 is 13.9 Å². The van der Waals surface area contributed by atoms with Crippen molar-refractivity contribution in [2.75, 3.05) is 12.3 Å². The highest BCUT2D eigenvalue weighted by Crippen LogP contribution is 2.15. The molecule has 0 aliphatic rings. The lowest BCUT2D eigenvalue weighted by molar-refractivity contribution is 0.0498. The number of hydrogen-bond acceptors (Lipinski definition) is 3. The lowest BCUT2D eigenvalue weighted by Crippen LogP contribution is -2.09. The second-order valence-corrected chi connectivity index (χ2v) is 5.34. The minimum Gasteiger partial charge on any atom is -0.462 e. The summed E-state index contributed by atoms with van der Waals surface area (Å²) in [5.74, 6) is -1.03. The largest absolute Gasteiger partial charge is 0.462 e. The maximum absolute atomic E-state index is 13.1. The first kappa shape index (κ1) is 17.5. The Morgan fingerprint density at radius 3 is 2.38 bits per heavy atom. The van der Waals surface area contributed by atoms with E-state index in [-0.39, 0.29) is 11.3 Å². The van der Waals surface area contributed by atoms with Crippen molar-refractivity contribution in [2.45, 2.75) is 58.3 Å². The van der Waals surface area contributed by atoms with Crippen LogP contribution in [0.4, 0.5) is 10.1 Å². The number of carbonyl (C=O) groups is 1. The van der Waals surface area contributed by atoms with E-state index >= 15 is 0 Å². The van der Waals surface area contributed by atoms with Gasteiger partial charge in [0.25, 0.3) is 0 Å². The van der Waals surface area contributed by atoms with E-state index in [4.69, 9.17) is 10.5 Å². The van der Waals surface area contributed by atoms with Crippen LogP contribution in [0.2, 0.25) is 0 Å². The van der Waals surface area contributed by atoms with Crippen LogP contribution in [0.1, 0.15) is 68.6 Å². The molecule has 0 aliphatic heterocycles. The fourth-order valence-corrected chi connectivity index (χ4v) is 2.18. The quantitative estimate of drug-likeness (QED) is 0.386. The van der Waals surface area contributed by atoms with Gasteiger partial charge in [-0.15, -0.1) is 0 Å². The molecule has 4 heteroatoms. The third-order valence-corrected chi connectivity index (χ3v) is 3.47. The standard InChI is InChI=1S/C17H26FNO2/c1-2-3-4-5-6-7-8-9-12-21-17(20)15-13-14(18)10-11-16(15)19/h10-11,13H,2-9,12,19H2,1H3. The molecule has 0 unspecified atom stereocenters. The van der Waals surface area contributed by atoms with Gasteiger partial charge in [0.1, 0.15) is 5.82 Å². The van der Waals surface area contributed by atoms with Crippen LogP contribution < -0.4 is 5.73 Å². The summed E-state index contributed by atoms with van der Waals surface area (Å²) < 4.78 is 18.2. The zero-order valence-corrected chi connectivity index (χ0v) is 12.9. The first-order chi connectivity index (χ1) is 10.1. The smallest absolute Gasteiger partial charge is 0.340 e. The van der Waals surface area contributed by atoms with Crippen LogP contribution in [0.3, 0.4) is 0 Å². The molecule has 3 nitrogen and oxygen atoms in total. The molecule has 0 atom stereocenters. The van der Waals surface area contributed by atoms with E-state index in [1.807, 2.05) is 0 Å². The third kappa shape index (κ3) is 7.11. The zero-order chi connectivity index (χ0) is 15.5. The van der Waals surface area contributed by atoms with Gasteiger partial charge in [-0.3, -0.25) is 0 Å². The highest BCUT2D eigenvalue weighted by molar-refractivity contribution is 5.95. The summed E-state index contributed by atoms with van der Waals surface area (Å²) in [7, 11) is 0. The van der Waals surface area contributed by atoms with E-state index in [0.29, 0.717) is 6.61 Å². The predicted octanol–water partition coefficient (Wildman–Crippen LogP) is 4.71. The van der Waals surface area contributed by atoms with Crippen LogP contribution in [-0.4, -0.2) is 12.6 Å². The van der Waals surface area contributed by atoms with Crippen LogP contribution in [0.25, 0.3) is 0 Å². The molecule has 1 aromatic rings. The molecule has 1 rings (SSSR count). The first-order valence-electron chi connectivity index (χ1n) is 7.87. The van der Waals surface area contributed by atoms with Crippen molar-refractivity contribution in [1.82, 2.24) is 0 Å². The maximum Gasteiger partial charge on any atom is 0.340 e. The molecule has 0 heterocycles. The van der Waals surface area contributed by atoms with Gasteiger partial charge in [-0.1, -0.05) is 51.9 Å². The average molecular weight is 295 g/mol. The van der Waals surface area contributed by atoms with Gasteiger partial charge in [-0.05, 0) is 24.6 Å². The molecule has 0 aromatic heterocycles. The van der Waals surface area contributed by atoms with Crippen LogP contribution in [0.15, 0.2) is 18.2 Å². The van der Waals surface area contributed by atoms with Gasteiger partial charge in [-0.2, -0.15) is 0 Å². The molecule has 0 spiro atoms. The highest BCUT2D eigenvalue weighted by Gasteiger charge is 2.11. The zero-order valence-electron chi connectivity index (χ0n) is 12.9. The summed E-state index contributed by atoms with van der Waals surface area (Å²) >= 11 is 0. The lowest BCUT2D eigenvalue weighted by atomic mass is 10.1. The molecule has 2 N–H and O–H groups in total. The molecule has 118 valence electrons. The van der Waals surface area contributed by atoms with E-state index < -0.39 is 11.8 Å². The minimum atomic E-state index is -0.546. The van der Waals surface area contributed by atoms with Crippen molar-refractivity contribution in [1.29, 1.82) is 0 Å². The molecule has 0 radical (unpaired) electrons. The Hall–Kier alpha value is -1.58. The Balaban J connectivity index is 2.12. The first-order valence-corrected chi connectivity index (χ1v) is 7.87. The summed E-state index contributed by atoms with van der Waals surface area (Å²) in [4.78, 5) is 11.8. The number of nitrogens with two attached hydrogens (primary N) is 1. The lowest BCUT2D eigenvalue weighted by Gasteiger charge is -2.07. The monoisotopic (exact) mass is 295 g/mol. The molecule has 0 fully saturated rings. The fraction of sp³-hybridized carbons (Fsp3) is 0.588. The number of halogens is 1. The van der Waals surface area contributed by atoms with Gasteiger partial charge < -0.3 is 10.5 Å². The number of anilines is 1. The van der Waals surface area contributed by atoms with Crippen LogP contribution in [-0.2, 0) is 4.74 Å². The van der Waals surface area contributed by atoms with Gasteiger partial charge in [0.15, 0.2) is 0 Å². The number of benzene rings is 1. The summed E-state index contributed by atoms with van der Waals surface area (Å²) in [6, 6.07) is 3.72. The molecule has 0 bridgehead atoms. The summed E-state index contributed by atoms with van der Waals surface area (Å²) in [5, 5.41) is 0. The number of rotatable bonds is 10. The number of unbranched alkanes of at least 4 members (excludes halogenated alkanes) is 7. The predicted molar refractivity (Wildman–Crippen MR) is 83.7 cm³/mol. The molecule has 0 saturated carbocycles. The Kier molecular flexibility index (Phi) is 8.48. The highest BCUT2D eigenvalue weighted by atomic mass is 19.1. The number of ether oxygens (including phenoxy) is 1. The second-order valence-electron chi connectivity index (χ2n) is 5.34. The van der Waals surface area contributed by atoms with E-state index in [0.717, 1.165) is 18.9 Å². The van der Waals surface area contributed by atoms with E-state index in [1.54, 1.807) is 0 Å². The molecule has 1 aromatic carbocycles. The molecule has 0 aliphatic carbocycles. The molecule has 0 saturated heterocycles. The minimum absolute atomic E-state index is 0.106. The SMILES string of the molecule is CCCCCCCCCCOC(=O)c1cc(F)ccc1N. The van der Waals surface area contributed by atoms with Gasteiger partial charge >= 0.3 is 5.97 Å². The molecule has 0 amide bonds. The normalized spacial score (nSPS) is 10.6. The van der Waals surface area contributed by atoms with Crippen LogP contribution in [0, 0.1) is 5.82 Å². The molecule has 21 heavy (non-hydrogen) atoms. The second kappa shape index (κ2) is 10.2. The van der Waals surface area contributed by atoms with Gasteiger partial charge in [0.2, 0.25) is 0 Å². The van der Waals surface area contributed by atoms with E-state index in [2.05, 4.69) is 6.92 Å². The van der Waals surface area contributed by atoms with E-state index in [1.165, 1.54) is 50.7 Å². The van der Waals surface area contributed by atoms with Crippen molar-refractivity contribution in [3.63, 3.8) is 0 Å². The van der Waals surface area contributed by atoms with Crippen molar-refractivity contribution in [3.05, 3.63) is 29.6 Å². The summed E-state index contributed by atoms with van der Waals surface area (Å²) in [6.07, 6.45) is 9.48. The number of esters is 1. The number of carbonyl (C=O) groups excluding carboxylic acids is 1. The number of hydrogen-bond donors (Lipinski definition) is 1. The maximum atomic E-state index is 13.1. The van der Waals surface area contributed by atoms with E-state index in [9.17, 15) is 9.18 Å².